The zero-order valence-electron chi connectivity index (χ0n) is 16.7. The lowest BCUT2D eigenvalue weighted by atomic mass is 10.0. The van der Waals surface area contributed by atoms with E-state index in [1.54, 1.807) is 18.7 Å². The predicted octanol–water partition coefficient (Wildman–Crippen LogP) is 1.42. The molecular weight excluding hydrogens is 458 g/mol. The van der Waals surface area contributed by atoms with Crippen LogP contribution in [0.2, 0.25) is 0 Å². The predicted molar refractivity (Wildman–Crippen MR) is 107 cm³/mol. The van der Waals surface area contributed by atoms with Gasteiger partial charge in [-0.1, -0.05) is 6.42 Å². The van der Waals surface area contributed by atoms with Crippen LogP contribution in [0.25, 0.3) is 0 Å². The lowest BCUT2D eigenvalue weighted by molar-refractivity contribution is -0.492. The van der Waals surface area contributed by atoms with Crippen LogP contribution >= 0.6 is 11.3 Å². The van der Waals surface area contributed by atoms with Gasteiger partial charge in [0.1, 0.15) is 8.42 Å². The number of nitrogens with zero attached hydrogens (tertiary/aromatic N) is 2. The van der Waals surface area contributed by atoms with Crippen LogP contribution in [0, 0.1) is 0 Å². The summed E-state index contributed by atoms with van der Waals surface area (Å²) in [5.41, 5.74) is 0.303. The number of sulfone groups is 1. The summed E-state index contributed by atoms with van der Waals surface area (Å²) in [7, 11) is -7.76. The normalized spacial score (nSPS) is 20.9. The van der Waals surface area contributed by atoms with Gasteiger partial charge in [-0.3, -0.25) is 20.0 Å². The molecular formula is C16H27N3O8S3. The zero-order chi connectivity index (χ0) is 22.7. The summed E-state index contributed by atoms with van der Waals surface area (Å²) in [6, 6.07) is 0.718. The Morgan fingerprint density at radius 2 is 2.00 bits per heavy atom. The average Bonchev–Trinajstić information content (AvgIpc) is 3.10. The molecule has 1 aliphatic rings. The van der Waals surface area contributed by atoms with E-state index in [9.17, 15) is 21.6 Å². The van der Waals surface area contributed by atoms with Crippen LogP contribution in [0.4, 0.5) is 0 Å². The maximum atomic E-state index is 12.8. The molecule has 0 fully saturated rings. The van der Waals surface area contributed by atoms with Crippen molar-refractivity contribution in [3.05, 3.63) is 11.6 Å². The van der Waals surface area contributed by atoms with Crippen molar-refractivity contribution >= 4 is 37.1 Å². The second-order valence-corrected chi connectivity index (χ2v) is 12.4. The molecule has 0 aromatic carbocycles. The first-order chi connectivity index (χ1) is 13.9. The quantitative estimate of drug-likeness (QED) is 0.328. The molecule has 0 radical (unpaired) electrons. The molecule has 0 aliphatic carbocycles. The molecule has 0 saturated heterocycles. The standard InChI is InChI=1S/C16H27N3O8S3/c1-3-18(14(20)7-5-4-6-8-27-19(21)22)13-9-11(2)29(23,24)16-12(13)10-15(28-16)30(17,25)26/h10-11,13,21-22H,3-9H2,1-2H3,(H2,17,25,26). The van der Waals surface area contributed by atoms with Crippen LogP contribution < -0.4 is 5.14 Å². The molecule has 1 aliphatic heterocycles. The maximum absolute atomic E-state index is 12.8. The van der Waals surface area contributed by atoms with Crippen molar-refractivity contribution in [2.24, 2.45) is 5.14 Å². The number of unbranched alkanes of at least 4 members (excludes halogenated alkanes) is 2. The number of primary sulfonamides is 1. The number of rotatable bonds is 10. The number of hydrogen-bond acceptors (Lipinski definition) is 10. The van der Waals surface area contributed by atoms with Crippen molar-refractivity contribution in [2.75, 3.05) is 13.2 Å². The van der Waals surface area contributed by atoms with Crippen molar-refractivity contribution in [1.29, 1.82) is 0 Å². The number of thiophene rings is 1. The Balaban J connectivity index is 2.18. The smallest absolute Gasteiger partial charge is 0.247 e. The Morgan fingerprint density at radius 3 is 2.57 bits per heavy atom. The van der Waals surface area contributed by atoms with E-state index in [1.165, 1.54) is 6.07 Å². The fourth-order valence-electron chi connectivity index (χ4n) is 3.42. The highest BCUT2D eigenvalue weighted by molar-refractivity contribution is 7.95. The second-order valence-electron chi connectivity index (χ2n) is 7.04. The Morgan fingerprint density at radius 1 is 1.33 bits per heavy atom. The number of nitrogens with two attached hydrogens (primary N) is 1. The summed E-state index contributed by atoms with van der Waals surface area (Å²) in [5.74, 6) is -0.171. The summed E-state index contributed by atoms with van der Waals surface area (Å²) in [4.78, 5) is 18.8. The topological polar surface area (TPSA) is 168 Å². The third-order valence-corrected chi connectivity index (χ3v) is 10.3. The van der Waals surface area contributed by atoms with E-state index in [0.717, 1.165) is 0 Å². The van der Waals surface area contributed by atoms with E-state index in [2.05, 4.69) is 4.84 Å². The van der Waals surface area contributed by atoms with Gasteiger partial charge in [0.2, 0.25) is 15.9 Å². The van der Waals surface area contributed by atoms with Crippen molar-refractivity contribution in [2.45, 2.75) is 65.7 Å². The van der Waals surface area contributed by atoms with Crippen molar-refractivity contribution in [1.82, 2.24) is 10.3 Å². The van der Waals surface area contributed by atoms with Crippen molar-refractivity contribution in [3.63, 3.8) is 0 Å². The number of hydrogen-bond donors (Lipinski definition) is 3. The molecule has 2 unspecified atom stereocenters. The summed E-state index contributed by atoms with van der Waals surface area (Å²) in [6.07, 6.45) is 2.06. The molecule has 1 amide bonds. The summed E-state index contributed by atoms with van der Waals surface area (Å²) in [6.45, 7) is 3.75. The molecule has 172 valence electrons. The van der Waals surface area contributed by atoms with Gasteiger partial charge in [-0.25, -0.2) is 22.0 Å². The summed E-state index contributed by atoms with van der Waals surface area (Å²) >= 11 is 0.628. The highest BCUT2D eigenvalue weighted by Gasteiger charge is 2.42. The number of fused-ring (bicyclic) bond motifs is 1. The molecule has 14 heteroatoms. The first kappa shape index (κ1) is 25.1. The van der Waals surface area contributed by atoms with E-state index in [-0.39, 0.29) is 39.2 Å². The maximum Gasteiger partial charge on any atom is 0.247 e. The van der Waals surface area contributed by atoms with Crippen LogP contribution in [0.5, 0.6) is 0 Å². The Bertz CT molecular complexity index is 958. The van der Waals surface area contributed by atoms with E-state index >= 15 is 0 Å². The van der Waals surface area contributed by atoms with E-state index < -0.39 is 31.2 Å². The second kappa shape index (κ2) is 9.99. The highest BCUT2D eigenvalue weighted by Crippen LogP contribution is 2.45. The van der Waals surface area contributed by atoms with Crippen LogP contribution in [-0.2, 0) is 29.5 Å². The zero-order valence-corrected chi connectivity index (χ0v) is 19.2. The molecule has 30 heavy (non-hydrogen) atoms. The number of carbonyl (C=O) groups excluding carboxylic acids is 1. The van der Waals surface area contributed by atoms with Gasteiger partial charge >= 0.3 is 0 Å². The fourth-order valence-corrected chi connectivity index (χ4v) is 7.82. The number of carbonyl (C=O) groups is 1. The molecule has 2 rings (SSSR count). The van der Waals surface area contributed by atoms with Crippen LogP contribution in [0.1, 0.15) is 57.6 Å². The monoisotopic (exact) mass is 485 g/mol. The SMILES string of the molecule is CCN(C(=O)CCCCCON(O)O)C1CC(C)S(=O)(=O)c2sc(S(N)(=O)=O)cc21. The molecule has 0 spiro atoms. The molecule has 0 saturated carbocycles. The van der Waals surface area contributed by atoms with Crippen molar-refractivity contribution in [3.8, 4) is 0 Å². The minimum atomic E-state index is -4.07. The van der Waals surface area contributed by atoms with Gasteiger partial charge < -0.3 is 4.90 Å². The minimum absolute atomic E-state index is 0.0452. The largest absolute Gasteiger partial charge is 0.336 e. The van der Waals surface area contributed by atoms with Gasteiger partial charge in [0, 0.05) is 18.5 Å². The van der Waals surface area contributed by atoms with Crippen LogP contribution in [0.15, 0.2) is 14.5 Å². The first-order valence-corrected chi connectivity index (χ1v) is 13.3. The molecule has 1 aromatic rings. The lowest BCUT2D eigenvalue weighted by Crippen LogP contribution is -2.40. The molecule has 2 heterocycles. The minimum Gasteiger partial charge on any atom is -0.336 e. The van der Waals surface area contributed by atoms with Crippen LogP contribution in [-0.4, -0.2) is 61.8 Å². The van der Waals surface area contributed by atoms with Gasteiger partial charge in [0.05, 0.1) is 23.3 Å². The van der Waals surface area contributed by atoms with E-state index in [4.69, 9.17) is 15.6 Å². The molecule has 0 bridgehead atoms. The third kappa shape index (κ3) is 5.76. The Kier molecular flexibility index (Phi) is 8.37. The molecule has 2 atom stereocenters. The fraction of sp³-hybridized carbons (Fsp3) is 0.688. The first-order valence-electron chi connectivity index (χ1n) is 9.40. The van der Waals surface area contributed by atoms with E-state index in [1.807, 2.05) is 0 Å². The molecule has 1 aromatic heterocycles. The summed E-state index contributed by atoms with van der Waals surface area (Å²) in [5, 5.41) is 21.0. The van der Waals surface area contributed by atoms with Gasteiger partial charge in [-0.15, -0.1) is 11.3 Å². The van der Waals surface area contributed by atoms with Crippen molar-refractivity contribution < 1.29 is 36.9 Å². The van der Waals surface area contributed by atoms with Gasteiger partial charge in [-0.05, 0) is 39.2 Å². The third-order valence-electron chi connectivity index (χ3n) is 4.96. The molecule has 4 N–H and O–H groups in total. The van der Waals surface area contributed by atoms with E-state index in [0.29, 0.717) is 42.7 Å². The highest BCUT2D eigenvalue weighted by atomic mass is 32.3. The van der Waals surface area contributed by atoms with Gasteiger partial charge in [0.15, 0.2) is 9.84 Å². The number of sulfonamides is 1. The Hall–Kier alpha value is -1.13. The van der Waals surface area contributed by atoms with Crippen LogP contribution in [0.3, 0.4) is 0 Å². The van der Waals surface area contributed by atoms with Gasteiger partial charge in [-0.2, -0.15) is 0 Å². The average molecular weight is 486 g/mol. The summed E-state index contributed by atoms with van der Waals surface area (Å²) < 4.78 is 48.7. The Labute approximate surface area is 179 Å². The van der Waals surface area contributed by atoms with Gasteiger partial charge in [0.25, 0.3) is 0 Å². The molecule has 11 nitrogen and oxygen atoms in total. The number of amides is 1. The lowest BCUT2D eigenvalue weighted by Gasteiger charge is -2.36.